The summed E-state index contributed by atoms with van der Waals surface area (Å²) in [5, 5.41) is 4.87. The van der Waals surface area contributed by atoms with Crippen molar-refractivity contribution in [3.05, 3.63) is 35.2 Å². The largest absolute Gasteiger partial charge is 0.380 e. The molecule has 1 unspecified atom stereocenters. The third kappa shape index (κ3) is 4.30. The number of nitrogens with one attached hydrogen (secondary N) is 1. The van der Waals surface area contributed by atoms with Gasteiger partial charge in [-0.1, -0.05) is 31.5 Å². The lowest BCUT2D eigenvalue weighted by atomic mass is 10.2. The molecule has 2 nitrogen and oxygen atoms in total. The number of fused-ring (bicyclic) bond motifs is 1. The number of hydrogen-bond acceptors (Lipinski definition) is 3. The fraction of sp³-hybridized carbons (Fsp3) is 0.500. The van der Waals surface area contributed by atoms with E-state index >= 15 is 0 Å². The van der Waals surface area contributed by atoms with E-state index in [-0.39, 0.29) is 0 Å². The van der Waals surface area contributed by atoms with Crippen LogP contribution in [0.4, 0.5) is 0 Å². The van der Waals surface area contributed by atoms with Crippen LogP contribution in [0.1, 0.15) is 37.6 Å². The molecule has 0 fully saturated rings. The summed E-state index contributed by atoms with van der Waals surface area (Å²) in [6.45, 7) is 7.01. The fourth-order valence-electron chi connectivity index (χ4n) is 2.01. The van der Waals surface area contributed by atoms with Gasteiger partial charge in [-0.05, 0) is 30.9 Å². The number of ether oxygens (including phenoxy) is 1. The van der Waals surface area contributed by atoms with Gasteiger partial charge in [-0.15, -0.1) is 11.3 Å². The molecule has 3 heteroatoms. The zero-order valence-corrected chi connectivity index (χ0v) is 12.6. The Morgan fingerprint density at radius 2 is 2.11 bits per heavy atom. The summed E-state index contributed by atoms with van der Waals surface area (Å²) in [4.78, 5) is 1.40. The maximum Gasteiger partial charge on any atom is 0.0591 e. The maximum absolute atomic E-state index is 5.56. The molecule has 0 aliphatic heterocycles. The Labute approximate surface area is 119 Å². The molecule has 1 heterocycles. The van der Waals surface area contributed by atoms with Gasteiger partial charge in [-0.25, -0.2) is 0 Å². The maximum atomic E-state index is 5.56. The molecule has 2 aromatic rings. The molecule has 0 saturated heterocycles. The van der Waals surface area contributed by atoms with Gasteiger partial charge in [-0.2, -0.15) is 0 Å². The van der Waals surface area contributed by atoms with E-state index in [4.69, 9.17) is 4.74 Å². The van der Waals surface area contributed by atoms with Crippen molar-refractivity contribution in [1.29, 1.82) is 0 Å². The van der Waals surface area contributed by atoms with Crippen LogP contribution < -0.4 is 5.32 Å². The third-order valence-electron chi connectivity index (χ3n) is 3.21. The lowest BCUT2D eigenvalue weighted by Crippen LogP contribution is -2.22. The number of benzene rings is 1. The van der Waals surface area contributed by atoms with Crippen molar-refractivity contribution < 1.29 is 4.74 Å². The molecular weight excluding hydrogens is 254 g/mol. The summed E-state index contributed by atoms with van der Waals surface area (Å²) in [6.07, 6.45) is 2.36. The average Bonchev–Trinajstić information content (AvgIpc) is 2.86. The second kappa shape index (κ2) is 7.63. The van der Waals surface area contributed by atoms with Gasteiger partial charge in [0.1, 0.15) is 0 Å². The summed E-state index contributed by atoms with van der Waals surface area (Å²) in [5.74, 6) is 0. The number of rotatable bonds is 8. The first-order valence-electron chi connectivity index (χ1n) is 7.11. The quantitative estimate of drug-likeness (QED) is 0.723. The van der Waals surface area contributed by atoms with Crippen molar-refractivity contribution in [1.82, 2.24) is 5.32 Å². The SMILES string of the molecule is CCCCOCCNC(C)c1cc2ccccc2s1. The predicted octanol–water partition coefficient (Wildman–Crippen LogP) is 4.37. The van der Waals surface area contributed by atoms with Crippen LogP contribution in [-0.2, 0) is 4.74 Å². The minimum absolute atomic E-state index is 0.396. The lowest BCUT2D eigenvalue weighted by Gasteiger charge is -2.12. The molecule has 0 amide bonds. The van der Waals surface area contributed by atoms with Crippen LogP contribution in [0, 0.1) is 0 Å². The molecule has 0 bridgehead atoms. The minimum atomic E-state index is 0.396. The molecule has 1 atom stereocenters. The standard InChI is InChI=1S/C16H23NOS/c1-3-4-10-18-11-9-17-13(2)16-12-14-7-5-6-8-15(14)19-16/h5-8,12-13,17H,3-4,9-11H2,1-2H3. The molecule has 1 aromatic carbocycles. The molecule has 0 aliphatic rings. The van der Waals surface area contributed by atoms with Crippen LogP contribution in [0.5, 0.6) is 0 Å². The van der Waals surface area contributed by atoms with Gasteiger partial charge in [0, 0.05) is 28.8 Å². The number of thiophene rings is 1. The Kier molecular flexibility index (Phi) is 5.83. The first-order valence-corrected chi connectivity index (χ1v) is 7.92. The highest BCUT2D eigenvalue weighted by Crippen LogP contribution is 2.29. The molecule has 0 spiro atoms. The van der Waals surface area contributed by atoms with E-state index in [1.165, 1.54) is 21.4 Å². The highest BCUT2D eigenvalue weighted by molar-refractivity contribution is 7.19. The molecule has 19 heavy (non-hydrogen) atoms. The summed E-state index contributed by atoms with van der Waals surface area (Å²) >= 11 is 1.87. The Hall–Kier alpha value is -0.900. The number of unbranched alkanes of at least 4 members (excludes halogenated alkanes) is 1. The first-order chi connectivity index (χ1) is 9.31. The van der Waals surface area contributed by atoms with Gasteiger partial charge in [0.25, 0.3) is 0 Å². The van der Waals surface area contributed by atoms with Gasteiger partial charge in [0.2, 0.25) is 0 Å². The third-order valence-corrected chi connectivity index (χ3v) is 4.51. The van der Waals surface area contributed by atoms with E-state index in [2.05, 4.69) is 49.5 Å². The van der Waals surface area contributed by atoms with Crippen molar-refractivity contribution in [2.24, 2.45) is 0 Å². The van der Waals surface area contributed by atoms with E-state index in [1.54, 1.807) is 0 Å². The zero-order valence-electron chi connectivity index (χ0n) is 11.8. The summed E-state index contributed by atoms with van der Waals surface area (Å²) in [7, 11) is 0. The highest BCUT2D eigenvalue weighted by atomic mass is 32.1. The fourth-order valence-corrected chi connectivity index (χ4v) is 3.10. The Bertz CT molecular complexity index is 461. The first kappa shape index (κ1) is 14.5. The van der Waals surface area contributed by atoms with E-state index in [1.807, 2.05) is 11.3 Å². The van der Waals surface area contributed by atoms with Crippen LogP contribution in [0.3, 0.4) is 0 Å². The van der Waals surface area contributed by atoms with E-state index in [0.29, 0.717) is 6.04 Å². The van der Waals surface area contributed by atoms with Crippen LogP contribution >= 0.6 is 11.3 Å². The van der Waals surface area contributed by atoms with Crippen molar-refractivity contribution in [3.8, 4) is 0 Å². The molecular formula is C16H23NOS. The molecule has 0 aliphatic carbocycles. The second-order valence-electron chi connectivity index (χ2n) is 4.83. The van der Waals surface area contributed by atoms with Gasteiger partial charge < -0.3 is 10.1 Å². The topological polar surface area (TPSA) is 21.3 Å². The minimum Gasteiger partial charge on any atom is -0.380 e. The summed E-state index contributed by atoms with van der Waals surface area (Å²) in [5.41, 5.74) is 0. The smallest absolute Gasteiger partial charge is 0.0591 e. The summed E-state index contributed by atoms with van der Waals surface area (Å²) in [6, 6.07) is 11.2. The molecule has 0 radical (unpaired) electrons. The monoisotopic (exact) mass is 277 g/mol. The molecule has 2 rings (SSSR count). The van der Waals surface area contributed by atoms with E-state index in [9.17, 15) is 0 Å². The van der Waals surface area contributed by atoms with Crippen molar-refractivity contribution in [2.75, 3.05) is 19.8 Å². The van der Waals surface area contributed by atoms with Crippen molar-refractivity contribution in [3.63, 3.8) is 0 Å². The van der Waals surface area contributed by atoms with Gasteiger partial charge in [0.05, 0.1) is 6.61 Å². The van der Waals surface area contributed by atoms with Crippen LogP contribution in [-0.4, -0.2) is 19.8 Å². The molecule has 0 saturated carbocycles. The zero-order chi connectivity index (χ0) is 13.5. The predicted molar refractivity (Wildman–Crippen MR) is 84.0 cm³/mol. The summed E-state index contributed by atoms with van der Waals surface area (Å²) < 4.78 is 6.93. The molecule has 104 valence electrons. The Morgan fingerprint density at radius 1 is 1.26 bits per heavy atom. The Morgan fingerprint density at radius 3 is 2.89 bits per heavy atom. The van der Waals surface area contributed by atoms with E-state index < -0.39 is 0 Å². The second-order valence-corrected chi connectivity index (χ2v) is 5.94. The number of hydrogen-bond donors (Lipinski definition) is 1. The highest BCUT2D eigenvalue weighted by Gasteiger charge is 2.08. The van der Waals surface area contributed by atoms with Gasteiger partial charge >= 0.3 is 0 Å². The molecule has 1 aromatic heterocycles. The Balaban J connectivity index is 1.78. The average molecular weight is 277 g/mol. The van der Waals surface area contributed by atoms with Gasteiger partial charge in [-0.3, -0.25) is 0 Å². The van der Waals surface area contributed by atoms with Gasteiger partial charge in [0.15, 0.2) is 0 Å². The van der Waals surface area contributed by atoms with Crippen molar-refractivity contribution >= 4 is 21.4 Å². The molecule has 1 N–H and O–H groups in total. The normalized spacial score (nSPS) is 12.9. The van der Waals surface area contributed by atoms with E-state index in [0.717, 1.165) is 26.2 Å². The lowest BCUT2D eigenvalue weighted by molar-refractivity contribution is 0.131. The van der Waals surface area contributed by atoms with Crippen LogP contribution in [0.2, 0.25) is 0 Å². The van der Waals surface area contributed by atoms with Crippen LogP contribution in [0.25, 0.3) is 10.1 Å². The van der Waals surface area contributed by atoms with Crippen LogP contribution in [0.15, 0.2) is 30.3 Å². The van der Waals surface area contributed by atoms with Crippen molar-refractivity contribution in [2.45, 2.75) is 32.7 Å².